The number of anilines is 3. The van der Waals surface area contributed by atoms with Crippen molar-refractivity contribution in [3.8, 4) is 0 Å². The lowest BCUT2D eigenvalue weighted by atomic mass is 10.1. The third-order valence-corrected chi connectivity index (χ3v) is 3.00. The summed E-state index contributed by atoms with van der Waals surface area (Å²) in [6.07, 6.45) is 0.891. The first-order chi connectivity index (χ1) is 9.13. The van der Waals surface area contributed by atoms with Crippen LogP contribution in [0.4, 0.5) is 17.1 Å². The van der Waals surface area contributed by atoms with Crippen molar-refractivity contribution in [1.29, 1.82) is 0 Å². The topological polar surface area (TPSA) is 75.3 Å². The van der Waals surface area contributed by atoms with Crippen molar-refractivity contribution in [2.45, 2.75) is 13.3 Å². The van der Waals surface area contributed by atoms with Crippen molar-refractivity contribution in [2.24, 2.45) is 0 Å². The van der Waals surface area contributed by atoms with Crippen LogP contribution in [-0.2, 0) is 6.42 Å². The number of nitrogen functional groups attached to an aromatic ring is 1. The lowest BCUT2D eigenvalue weighted by molar-refractivity contribution is 0.0698. The molecule has 0 atom stereocenters. The lowest BCUT2D eigenvalue weighted by Crippen LogP contribution is -2.06. The van der Waals surface area contributed by atoms with Crippen LogP contribution in [0.25, 0.3) is 0 Å². The number of carboxylic acid groups (broad SMARTS) is 1. The Kier molecular flexibility index (Phi) is 3.71. The lowest BCUT2D eigenvalue weighted by Gasteiger charge is -2.13. The van der Waals surface area contributed by atoms with Gasteiger partial charge in [-0.2, -0.15) is 0 Å². The van der Waals surface area contributed by atoms with E-state index in [4.69, 9.17) is 10.8 Å². The van der Waals surface area contributed by atoms with Gasteiger partial charge < -0.3 is 16.2 Å². The quantitative estimate of drug-likeness (QED) is 0.734. The Labute approximate surface area is 111 Å². The summed E-state index contributed by atoms with van der Waals surface area (Å²) < 4.78 is 0. The summed E-state index contributed by atoms with van der Waals surface area (Å²) >= 11 is 0. The molecular weight excluding hydrogens is 240 g/mol. The molecule has 0 saturated carbocycles. The Balaban J connectivity index is 2.39. The predicted octanol–water partition coefficient (Wildman–Crippen LogP) is 3.27. The molecular formula is C15H16N2O2. The van der Waals surface area contributed by atoms with Gasteiger partial charge in [0, 0.05) is 5.69 Å². The summed E-state index contributed by atoms with van der Waals surface area (Å²) in [7, 11) is 0. The molecule has 2 aromatic carbocycles. The van der Waals surface area contributed by atoms with Crippen LogP contribution >= 0.6 is 0 Å². The molecule has 0 bridgehead atoms. The first kappa shape index (κ1) is 13.0. The van der Waals surface area contributed by atoms with E-state index in [-0.39, 0.29) is 11.3 Å². The van der Waals surface area contributed by atoms with Crippen LogP contribution in [0.15, 0.2) is 42.5 Å². The normalized spacial score (nSPS) is 10.2. The van der Waals surface area contributed by atoms with Crippen LogP contribution in [-0.4, -0.2) is 11.1 Å². The maximum atomic E-state index is 11.0. The highest BCUT2D eigenvalue weighted by Gasteiger charge is 2.11. The highest BCUT2D eigenvalue weighted by Crippen LogP contribution is 2.28. The number of para-hydroxylation sites is 2. The maximum Gasteiger partial charge on any atom is 0.337 e. The molecule has 98 valence electrons. The van der Waals surface area contributed by atoms with Gasteiger partial charge in [0.15, 0.2) is 0 Å². The van der Waals surface area contributed by atoms with E-state index in [1.165, 1.54) is 6.07 Å². The fourth-order valence-corrected chi connectivity index (χ4v) is 1.96. The number of aryl methyl sites for hydroxylation is 1. The number of nitrogens with one attached hydrogen (secondary N) is 1. The zero-order chi connectivity index (χ0) is 13.8. The molecule has 0 radical (unpaired) electrons. The molecule has 4 nitrogen and oxygen atoms in total. The smallest absolute Gasteiger partial charge is 0.337 e. The summed E-state index contributed by atoms with van der Waals surface area (Å²) in [4.78, 5) is 11.0. The van der Waals surface area contributed by atoms with Crippen molar-refractivity contribution in [3.05, 3.63) is 53.6 Å². The Hall–Kier alpha value is -2.49. The van der Waals surface area contributed by atoms with Gasteiger partial charge in [0.05, 0.1) is 16.9 Å². The van der Waals surface area contributed by atoms with Crippen molar-refractivity contribution in [1.82, 2.24) is 0 Å². The predicted molar refractivity (Wildman–Crippen MR) is 76.9 cm³/mol. The molecule has 0 saturated heterocycles. The van der Waals surface area contributed by atoms with Crippen molar-refractivity contribution in [3.63, 3.8) is 0 Å². The zero-order valence-electron chi connectivity index (χ0n) is 10.7. The minimum absolute atomic E-state index is 0.110. The van der Waals surface area contributed by atoms with E-state index in [1.807, 2.05) is 24.3 Å². The van der Waals surface area contributed by atoms with E-state index in [2.05, 4.69) is 12.2 Å². The molecule has 0 unspecified atom stereocenters. The van der Waals surface area contributed by atoms with Crippen molar-refractivity contribution < 1.29 is 9.90 Å². The van der Waals surface area contributed by atoms with Gasteiger partial charge in [-0.25, -0.2) is 4.79 Å². The van der Waals surface area contributed by atoms with Gasteiger partial charge in [0.1, 0.15) is 0 Å². The van der Waals surface area contributed by atoms with Gasteiger partial charge >= 0.3 is 5.97 Å². The summed E-state index contributed by atoms with van der Waals surface area (Å²) in [5, 5.41) is 12.2. The first-order valence-electron chi connectivity index (χ1n) is 6.10. The number of nitrogens with two attached hydrogens (primary N) is 1. The second-order valence-electron chi connectivity index (χ2n) is 4.21. The largest absolute Gasteiger partial charge is 0.478 e. The monoisotopic (exact) mass is 256 g/mol. The average molecular weight is 256 g/mol. The number of aromatic carboxylic acids is 1. The zero-order valence-corrected chi connectivity index (χ0v) is 10.7. The fraction of sp³-hybridized carbons (Fsp3) is 0.133. The Morgan fingerprint density at radius 3 is 2.53 bits per heavy atom. The number of benzene rings is 2. The van der Waals surface area contributed by atoms with Gasteiger partial charge in [-0.05, 0) is 30.2 Å². The number of carbonyl (C=O) groups is 1. The Morgan fingerprint density at radius 2 is 1.84 bits per heavy atom. The summed E-state index contributed by atoms with van der Waals surface area (Å²) in [6, 6.07) is 12.8. The van der Waals surface area contributed by atoms with E-state index < -0.39 is 5.97 Å². The van der Waals surface area contributed by atoms with Crippen LogP contribution in [0.3, 0.4) is 0 Å². The number of hydrogen-bond donors (Lipinski definition) is 3. The highest BCUT2D eigenvalue weighted by atomic mass is 16.4. The van der Waals surface area contributed by atoms with Crippen molar-refractivity contribution in [2.75, 3.05) is 11.1 Å². The van der Waals surface area contributed by atoms with Gasteiger partial charge in [0.2, 0.25) is 0 Å². The maximum absolute atomic E-state index is 11.0. The van der Waals surface area contributed by atoms with E-state index in [0.717, 1.165) is 17.7 Å². The third kappa shape index (κ3) is 2.68. The molecule has 0 spiro atoms. The summed E-state index contributed by atoms with van der Waals surface area (Å²) in [5.41, 5.74) is 8.95. The first-order valence-corrected chi connectivity index (χ1v) is 6.10. The van der Waals surface area contributed by atoms with Crippen LogP contribution < -0.4 is 11.1 Å². The Bertz CT molecular complexity index is 609. The highest BCUT2D eigenvalue weighted by molar-refractivity contribution is 5.97. The van der Waals surface area contributed by atoms with Crippen LogP contribution in [0, 0.1) is 0 Å². The molecule has 19 heavy (non-hydrogen) atoms. The fourth-order valence-electron chi connectivity index (χ4n) is 1.96. The van der Waals surface area contributed by atoms with Gasteiger partial charge in [-0.1, -0.05) is 31.2 Å². The second kappa shape index (κ2) is 5.44. The number of rotatable bonds is 4. The van der Waals surface area contributed by atoms with E-state index in [9.17, 15) is 4.79 Å². The van der Waals surface area contributed by atoms with E-state index in [1.54, 1.807) is 12.1 Å². The standard InChI is InChI=1S/C15H16N2O2/c1-2-10-6-3-4-8-12(10)17-13-9-5-7-11(14(13)16)15(18)19/h3-9,17H,2,16H2,1H3,(H,18,19). The molecule has 0 aliphatic carbocycles. The molecule has 0 aliphatic rings. The SMILES string of the molecule is CCc1ccccc1Nc1cccc(C(=O)O)c1N. The molecule has 0 amide bonds. The molecule has 0 fully saturated rings. The van der Waals surface area contributed by atoms with Crippen molar-refractivity contribution >= 4 is 23.0 Å². The molecule has 2 rings (SSSR count). The molecule has 0 aromatic heterocycles. The summed E-state index contributed by atoms with van der Waals surface area (Å²) in [6.45, 7) is 2.07. The minimum atomic E-state index is -1.02. The minimum Gasteiger partial charge on any atom is -0.478 e. The third-order valence-electron chi connectivity index (χ3n) is 3.00. The van der Waals surface area contributed by atoms with Gasteiger partial charge in [-0.3, -0.25) is 0 Å². The number of hydrogen-bond acceptors (Lipinski definition) is 3. The molecule has 4 N–H and O–H groups in total. The number of carboxylic acids is 1. The van der Waals surface area contributed by atoms with Crippen LogP contribution in [0.5, 0.6) is 0 Å². The van der Waals surface area contributed by atoms with E-state index in [0.29, 0.717) is 5.69 Å². The molecule has 0 aliphatic heterocycles. The summed E-state index contributed by atoms with van der Waals surface area (Å²) in [5.74, 6) is -1.02. The molecule has 4 heteroatoms. The van der Waals surface area contributed by atoms with Crippen LogP contribution in [0.2, 0.25) is 0 Å². The second-order valence-corrected chi connectivity index (χ2v) is 4.21. The van der Waals surface area contributed by atoms with Gasteiger partial charge in [-0.15, -0.1) is 0 Å². The van der Waals surface area contributed by atoms with Crippen LogP contribution in [0.1, 0.15) is 22.8 Å². The molecule has 2 aromatic rings. The Morgan fingerprint density at radius 1 is 1.16 bits per heavy atom. The molecule has 0 heterocycles. The van der Waals surface area contributed by atoms with Gasteiger partial charge in [0.25, 0.3) is 0 Å². The van der Waals surface area contributed by atoms with E-state index >= 15 is 0 Å². The average Bonchev–Trinajstić information content (AvgIpc) is 2.41.